The highest BCUT2D eigenvalue weighted by molar-refractivity contribution is 5.46. The first-order valence-electron chi connectivity index (χ1n) is 6.39. The van der Waals surface area contributed by atoms with Crippen LogP contribution < -0.4 is 10.2 Å². The zero-order valence-corrected chi connectivity index (χ0v) is 10.3. The Morgan fingerprint density at radius 2 is 1.89 bits per heavy atom. The van der Waals surface area contributed by atoms with Gasteiger partial charge in [-0.15, -0.1) is 0 Å². The van der Waals surface area contributed by atoms with Gasteiger partial charge in [0.25, 0.3) is 0 Å². The molecule has 2 heterocycles. The molecule has 1 aromatic carbocycles. The highest BCUT2D eigenvalue weighted by atomic mass is 15.2. The van der Waals surface area contributed by atoms with E-state index in [2.05, 4.69) is 45.5 Å². The van der Waals surface area contributed by atoms with Crippen molar-refractivity contribution in [3.63, 3.8) is 0 Å². The summed E-state index contributed by atoms with van der Waals surface area (Å²) in [6.07, 6.45) is 3.01. The molecule has 3 nitrogen and oxygen atoms in total. The fourth-order valence-electron chi connectivity index (χ4n) is 2.40. The number of aromatic nitrogens is 1. The summed E-state index contributed by atoms with van der Waals surface area (Å²) >= 11 is 0. The average molecular weight is 239 g/mol. The van der Waals surface area contributed by atoms with E-state index in [0.717, 1.165) is 25.3 Å². The summed E-state index contributed by atoms with van der Waals surface area (Å²) in [4.78, 5) is 6.73. The minimum atomic E-state index is 0.509. The molecule has 1 aliphatic heterocycles. The van der Waals surface area contributed by atoms with Crippen molar-refractivity contribution in [1.82, 2.24) is 4.98 Å². The molecule has 0 unspecified atom stereocenters. The molecule has 3 rings (SSSR count). The van der Waals surface area contributed by atoms with Gasteiger partial charge in [-0.2, -0.15) is 0 Å². The lowest BCUT2D eigenvalue weighted by molar-refractivity contribution is 0.806. The molecule has 1 aliphatic rings. The van der Waals surface area contributed by atoms with E-state index in [-0.39, 0.29) is 0 Å². The number of para-hydroxylation sites is 1. The molecule has 0 radical (unpaired) electrons. The maximum atomic E-state index is 4.40. The molecule has 18 heavy (non-hydrogen) atoms. The minimum absolute atomic E-state index is 0.509. The van der Waals surface area contributed by atoms with Gasteiger partial charge in [0.1, 0.15) is 5.82 Å². The van der Waals surface area contributed by atoms with Crippen molar-refractivity contribution in [2.45, 2.75) is 12.5 Å². The molecule has 1 N–H and O–H groups in total. The second kappa shape index (κ2) is 5.08. The summed E-state index contributed by atoms with van der Waals surface area (Å²) < 4.78 is 0. The highest BCUT2D eigenvalue weighted by Gasteiger charge is 2.22. The van der Waals surface area contributed by atoms with Gasteiger partial charge in [-0.1, -0.05) is 24.3 Å². The predicted octanol–water partition coefficient (Wildman–Crippen LogP) is 2.77. The van der Waals surface area contributed by atoms with Gasteiger partial charge in [0, 0.05) is 31.0 Å². The Morgan fingerprint density at radius 1 is 1.06 bits per heavy atom. The van der Waals surface area contributed by atoms with Crippen LogP contribution in [0.2, 0.25) is 0 Å². The first kappa shape index (κ1) is 11.1. The van der Waals surface area contributed by atoms with E-state index in [9.17, 15) is 0 Å². The van der Waals surface area contributed by atoms with E-state index in [4.69, 9.17) is 0 Å². The monoisotopic (exact) mass is 239 g/mol. The van der Waals surface area contributed by atoms with E-state index in [1.54, 1.807) is 0 Å². The van der Waals surface area contributed by atoms with Crippen LogP contribution in [0.15, 0.2) is 54.7 Å². The van der Waals surface area contributed by atoms with E-state index in [1.807, 2.05) is 24.4 Å². The molecular formula is C15H17N3. The second-order valence-corrected chi connectivity index (χ2v) is 4.63. The molecule has 0 aliphatic carbocycles. The number of rotatable bonds is 3. The normalized spacial score (nSPS) is 18.9. The molecule has 1 aromatic heterocycles. The van der Waals surface area contributed by atoms with Crippen molar-refractivity contribution in [1.29, 1.82) is 0 Å². The standard InChI is InChI=1S/C15H17N3/c1-2-6-13(7-3-1)17-14-9-11-18(12-14)15-8-4-5-10-16-15/h1-8,10,14,17H,9,11-12H2/t14-/m1/s1. The molecule has 1 saturated heterocycles. The lowest BCUT2D eigenvalue weighted by Gasteiger charge is -2.18. The smallest absolute Gasteiger partial charge is 0.128 e. The third kappa shape index (κ3) is 2.45. The Morgan fingerprint density at radius 3 is 2.67 bits per heavy atom. The quantitative estimate of drug-likeness (QED) is 0.892. The minimum Gasteiger partial charge on any atom is -0.380 e. The van der Waals surface area contributed by atoms with Gasteiger partial charge in [-0.25, -0.2) is 4.98 Å². The van der Waals surface area contributed by atoms with Crippen LogP contribution in [0, 0.1) is 0 Å². The Labute approximate surface area is 107 Å². The van der Waals surface area contributed by atoms with Crippen molar-refractivity contribution in [3.8, 4) is 0 Å². The van der Waals surface area contributed by atoms with Crippen LogP contribution in [-0.2, 0) is 0 Å². The number of nitrogens with zero attached hydrogens (tertiary/aromatic N) is 2. The van der Waals surface area contributed by atoms with E-state index in [1.165, 1.54) is 5.69 Å². The third-order valence-corrected chi connectivity index (χ3v) is 3.31. The van der Waals surface area contributed by atoms with Crippen LogP contribution in [0.5, 0.6) is 0 Å². The van der Waals surface area contributed by atoms with Crippen LogP contribution in [0.1, 0.15) is 6.42 Å². The maximum absolute atomic E-state index is 4.40. The van der Waals surface area contributed by atoms with Crippen molar-refractivity contribution in [3.05, 3.63) is 54.7 Å². The first-order chi connectivity index (χ1) is 8.92. The van der Waals surface area contributed by atoms with Crippen molar-refractivity contribution < 1.29 is 0 Å². The van der Waals surface area contributed by atoms with Gasteiger partial charge < -0.3 is 10.2 Å². The van der Waals surface area contributed by atoms with E-state index in [0.29, 0.717) is 6.04 Å². The molecule has 1 atom stereocenters. The van der Waals surface area contributed by atoms with Gasteiger partial charge in [-0.05, 0) is 30.7 Å². The van der Waals surface area contributed by atoms with Gasteiger partial charge in [0.05, 0.1) is 0 Å². The number of pyridine rings is 1. The summed E-state index contributed by atoms with van der Waals surface area (Å²) in [5, 5.41) is 3.57. The van der Waals surface area contributed by atoms with E-state index >= 15 is 0 Å². The van der Waals surface area contributed by atoms with Crippen LogP contribution in [-0.4, -0.2) is 24.1 Å². The zero-order chi connectivity index (χ0) is 12.2. The summed E-state index contributed by atoms with van der Waals surface area (Å²) in [6.45, 7) is 2.09. The van der Waals surface area contributed by atoms with E-state index < -0.39 is 0 Å². The molecule has 0 saturated carbocycles. The van der Waals surface area contributed by atoms with Crippen molar-refractivity contribution >= 4 is 11.5 Å². The molecule has 3 heteroatoms. The fraction of sp³-hybridized carbons (Fsp3) is 0.267. The molecule has 2 aromatic rings. The number of anilines is 2. The molecular weight excluding hydrogens is 222 g/mol. The number of nitrogens with one attached hydrogen (secondary N) is 1. The number of hydrogen-bond acceptors (Lipinski definition) is 3. The van der Waals surface area contributed by atoms with Gasteiger partial charge in [-0.3, -0.25) is 0 Å². The Balaban J connectivity index is 1.62. The van der Waals surface area contributed by atoms with Gasteiger partial charge >= 0.3 is 0 Å². The number of hydrogen-bond donors (Lipinski definition) is 1. The molecule has 0 amide bonds. The predicted molar refractivity (Wildman–Crippen MR) is 74.9 cm³/mol. The Kier molecular flexibility index (Phi) is 3.13. The maximum Gasteiger partial charge on any atom is 0.128 e. The lowest BCUT2D eigenvalue weighted by Crippen LogP contribution is -2.26. The van der Waals surface area contributed by atoms with Crippen LogP contribution in [0.3, 0.4) is 0 Å². The van der Waals surface area contributed by atoms with Crippen molar-refractivity contribution in [2.24, 2.45) is 0 Å². The lowest BCUT2D eigenvalue weighted by atomic mass is 10.2. The summed E-state index contributed by atoms with van der Waals surface area (Å²) in [6, 6.07) is 17.0. The SMILES string of the molecule is c1ccc(N[C@@H]2CCN(c3ccccn3)C2)cc1. The Hall–Kier alpha value is -2.03. The van der Waals surface area contributed by atoms with Crippen LogP contribution >= 0.6 is 0 Å². The third-order valence-electron chi connectivity index (χ3n) is 3.31. The molecule has 92 valence electrons. The van der Waals surface area contributed by atoms with Gasteiger partial charge in [0.2, 0.25) is 0 Å². The van der Waals surface area contributed by atoms with Crippen LogP contribution in [0.25, 0.3) is 0 Å². The molecule has 0 spiro atoms. The summed E-state index contributed by atoms with van der Waals surface area (Å²) in [5.74, 6) is 1.08. The largest absolute Gasteiger partial charge is 0.380 e. The molecule has 0 bridgehead atoms. The topological polar surface area (TPSA) is 28.2 Å². The summed E-state index contributed by atoms with van der Waals surface area (Å²) in [5.41, 5.74) is 1.20. The zero-order valence-electron chi connectivity index (χ0n) is 10.3. The highest BCUT2D eigenvalue weighted by Crippen LogP contribution is 2.20. The average Bonchev–Trinajstić information content (AvgIpc) is 2.89. The molecule has 1 fully saturated rings. The van der Waals surface area contributed by atoms with Crippen molar-refractivity contribution in [2.75, 3.05) is 23.3 Å². The Bertz CT molecular complexity index is 484. The number of benzene rings is 1. The first-order valence-corrected chi connectivity index (χ1v) is 6.39. The van der Waals surface area contributed by atoms with Crippen LogP contribution in [0.4, 0.5) is 11.5 Å². The van der Waals surface area contributed by atoms with Gasteiger partial charge in [0.15, 0.2) is 0 Å². The summed E-state index contributed by atoms with van der Waals surface area (Å²) in [7, 11) is 0. The second-order valence-electron chi connectivity index (χ2n) is 4.63. The fourth-order valence-corrected chi connectivity index (χ4v) is 2.40.